The van der Waals surface area contributed by atoms with Crippen molar-refractivity contribution in [1.29, 1.82) is 0 Å². The number of carboxylic acid groups (broad SMARTS) is 1. The molecule has 0 spiro atoms. The molecule has 82 valence electrons. The smallest absolute Gasteiger partial charge is 0.354 e. The molecule has 0 radical (unpaired) electrons. The molecule has 0 aliphatic heterocycles. The molecule has 1 aliphatic carbocycles. The van der Waals surface area contributed by atoms with Crippen molar-refractivity contribution < 1.29 is 9.90 Å². The molecule has 1 heterocycles. The Kier molecular flexibility index (Phi) is 2.10. The molecule has 1 aliphatic rings. The molecule has 15 heavy (non-hydrogen) atoms. The molecule has 0 bridgehead atoms. The third kappa shape index (κ3) is 1.64. The van der Waals surface area contributed by atoms with Gasteiger partial charge in [0.15, 0.2) is 0 Å². The Bertz CT molecular complexity index is 418. The van der Waals surface area contributed by atoms with Gasteiger partial charge in [0, 0.05) is 12.6 Å². The number of hydrogen-bond donors (Lipinski definition) is 1. The Labute approximate surface area is 88.9 Å². The minimum absolute atomic E-state index is 0.247. The fraction of sp³-hybridized carbons (Fsp3) is 0.636. The summed E-state index contributed by atoms with van der Waals surface area (Å²) in [5.74, 6) is -0.869. The predicted molar refractivity (Wildman–Crippen MR) is 56.0 cm³/mol. The minimum Gasteiger partial charge on any atom is -0.477 e. The highest BCUT2D eigenvalue weighted by molar-refractivity contribution is 5.87. The van der Waals surface area contributed by atoms with Crippen LogP contribution < -0.4 is 0 Å². The third-order valence-electron chi connectivity index (χ3n) is 3.13. The fourth-order valence-electron chi connectivity index (χ4n) is 2.30. The topological polar surface area (TPSA) is 55.1 Å². The van der Waals surface area contributed by atoms with Gasteiger partial charge >= 0.3 is 5.97 Å². The lowest BCUT2D eigenvalue weighted by atomic mass is 9.76. The first-order valence-corrected chi connectivity index (χ1v) is 5.19. The Balaban J connectivity index is 2.48. The second kappa shape index (κ2) is 3.08. The zero-order valence-corrected chi connectivity index (χ0v) is 9.37. The van der Waals surface area contributed by atoms with Crippen LogP contribution in [0.25, 0.3) is 0 Å². The van der Waals surface area contributed by atoms with Crippen molar-refractivity contribution in [1.82, 2.24) is 9.78 Å². The monoisotopic (exact) mass is 208 g/mol. The van der Waals surface area contributed by atoms with E-state index >= 15 is 0 Å². The summed E-state index contributed by atoms with van der Waals surface area (Å²) >= 11 is 0. The molecule has 0 fully saturated rings. The maximum Gasteiger partial charge on any atom is 0.354 e. The van der Waals surface area contributed by atoms with Gasteiger partial charge in [0.25, 0.3) is 0 Å². The van der Waals surface area contributed by atoms with Crippen LogP contribution >= 0.6 is 0 Å². The van der Waals surface area contributed by atoms with Gasteiger partial charge in [-0.3, -0.25) is 4.68 Å². The summed E-state index contributed by atoms with van der Waals surface area (Å²) in [4.78, 5) is 11.1. The predicted octanol–water partition coefficient (Wildman–Crippen LogP) is 1.63. The molecule has 0 aromatic carbocycles. The largest absolute Gasteiger partial charge is 0.477 e. The molecule has 1 N–H and O–H groups in total. The normalized spacial score (nSPS) is 18.6. The number of hydrogen-bond acceptors (Lipinski definition) is 2. The highest BCUT2D eigenvalue weighted by atomic mass is 16.4. The molecule has 0 unspecified atom stereocenters. The Morgan fingerprint density at radius 2 is 2.20 bits per heavy atom. The Hall–Kier alpha value is -1.32. The molecule has 1 aromatic rings. The van der Waals surface area contributed by atoms with E-state index in [1.807, 2.05) is 0 Å². The quantitative estimate of drug-likeness (QED) is 0.763. The number of aromatic nitrogens is 2. The first-order chi connectivity index (χ1) is 6.91. The van der Waals surface area contributed by atoms with E-state index in [-0.39, 0.29) is 5.41 Å². The maximum absolute atomic E-state index is 11.1. The van der Waals surface area contributed by atoms with Crippen LogP contribution in [-0.2, 0) is 19.9 Å². The summed E-state index contributed by atoms with van der Waals surface area (Å²) in [6, 6.07) is 0. The number of fused-ring (bicyclic) bond motifs is 1. The van der Waals surface area contributed by atoms with Crippen molar-refractivity contribution in [3.05, 3.63) is 17.0 Å². The SMILES string of the molecule is Cn1nc2c(c1C(=O)O)CCC(C)(C)C2. The lowest BCUT2D eigenvalue weighted by molar-refractivity contribution is 0.0683. The molecule has 0 saturated carbocycles. The van der Waals surface area contributed by atoms with Gasteiger partial charge in [0.05, 0.1) is 5.69 Å². The van der Waals surface area contributed by atoms with E-state index in [1.54, 1.807) is 7.05 Å². The Morgan fingerprint density at radius 3 is 2.80 bits per heavy atom. The van der Waals surface area contributed by atoms with Crippen LogP contribution in [0.5, 0.6) is 0 Å². The second-order valence-electron chi connectivity index (χ2n) is 5.04. The number of carboxylic acids is 1. The van der Waals surface area contributed by atoms with Gasteiger partial charge in [0.2, 0.25) is 0 Å². The molecule has 0 atom stereocenters. The molecular formula is C11H16N2O2. The zero-order valence-electron chi connectivity index (χ0n) is 9.37. The van der Waals surface area contributed by atoms with E-state index in [0.717, 1.165) is 30.5 Å². The van der Waals surface area contributed by atoms with Crippen LogP contribution in [0.2, 0.25) is 0 Å². The van der Waals surface area contributed by atoms with Gasteiger partial charge in [-0.1, -0.05) is 13.8 Å². The number of aromatic carboxylic acids is 1. The molecule has 4 heteroatoms. The van der Waals surface area contributed by atoms with Crippen molar-refractivity contribution in [2.24, 2.45) is 12.5 Å². The first kappa shape index (κ1) is 10.2. The van der Waals surface area contributed by atoms with Gasteiger partial charge < -0.3 is 5.11 Å². The summed E-state index contributed by atoms with van der Waals surface area (Å²) in [6.45, 7) is 4.40. The van der Waals surface area contributed by atoms with Gasteiger partial charge in [-0.05, 0) is 24.7 Å². The lowest BCUT2D eigenvalue weighted by Crippen LogP contribution is -2.22. The number of nitrogens with zero attached hydrogens (tertiary/aromatic N) is 2. The van der Waals surface area contributed by atoms with Gasteiger partial charge in [-0.25, -0.2) is 4.79 Å². The molecule has 4 nitrogen and oxygen atoms in total. The van der Waals surface area contributed by atoms with Crippen LogP contribution in [-0.4, -0.2) is 20.9 Å². The number of rotatable bonds is 1. The van der Waals surface area contributed by atoms with Crippen LogP contribution in [0, 0.1) is 5.41 Å². The van der Waals surface area contributed by atoms with E-state index < -0.39 is 5.97 Å². The fourth-order valence-corrected chi connectivity index (χ4v) is 2.30. The molecule has 1 aromatic heterocycles. The molecular weight excluding hydrogens is 192 g/mol. The highest BCUT2D eigenvalue weighted by Crippen LogP contribution is 2.35. The van der Waals surface area contributed by atoms with Gasteiger partial charge in [0.1, 0.15) is 5.69 Å². The van der Waals surface area contributed by atoms with Crippen LogP contribution in [0.15, 0.2) is 0 Å². The van der Waals surface area contributed by atoms with Crippen molar-refractivity contribution in [3.63, 3.8) is 0 Å². The lowest BCUT2D eigenvalue weighted by Gasteiger charge is -2.28. The average Bonchev–Trinajstić information content (AvgIpc) is 2.37. The van der Waals surface area contributed by atoms with Crippen LogP contribution in [0.3, 0.4) is 0 Å². The van der Waals surface area contributed by atoms with Crippen molar-refractivity contribution >= 4 is 5.97 Å². The first-order valence-electron chi connectivity index (χ1n) is 5.19. The summed E-state index contributed by atoms with van der Waals surface area (Å²) < 4.78 is 1.49. The average molecular weight is 208 g/mol. The molecule has 0 saturated heterocycles. The zero-order chi connectivity index (χ0) is 11.2. The standard InChI is InChI=1S/C11H16N2O2/c1-11(2)5-4-7-8(6-11)12-13(3)9(7)10(14)15/h4-6H2,1-3H3,(H,14,15). The van der Waals surface area contributed by atoms with Gasteiger partial charge in [-0.15, -0.1) is 0 Å². The number of carbonyl (C=O) groups is 1. The minimum atomic E-state index is -0.869. The summed E-state index contributed by atoms with van der Waals surface area (Å²) in [7, 11) is 1.70. The third-order valence-corrected chi connectivity index (χ3v) is 3.13. The summed E-state index contributed by atoms with van der Waals surface area (Å²) in [5, 5.41) is 13.4. The van der Waals surface area contributed by atoms with Crippen LogP contribution in [0.4, 0.5) is 0 Å². The van der Waals surface area contributed by atoms with Crippen molar-refractivity contribution in [3.8, 4) is 0 Å². The Morgan fingerprint density at radius 1 is 1.53 bits per heavy atom. The van der Waals surface area contributed by atoms with Crippen molar-refractivity contribution in [2.75, 3.05) is 0 Å². The number of aryl methyl sites for hydroxylation is 1. The summed E-state index contributed by atoms with van der Waals surface area (Å²) in [6.07, 6.45) is 2.74. The van der Waals surface area contributed by atoms with E-state index in [0.29, 0.717) is 5.69 Å². The van der Waals surface area contributed by atoms with E-state index in [9.17, 15) is 4.79 Å². The molecule has 0 amide bonds. The highest BCUT2D eigenvalue weighted by Gasteiger charge is 2.31. The van der Waals surface area contributed by atoms with E-state index in [2.05, 4.69) is 18.9 Å². The summed E-state index contributed by atoms with van der Waals surface area (Å²) in [5.41, 5.74) is 2.51. The van der Waals surface area contributed by atoms with Crippen molar-refractivity contribution in [2.45, 2.75) is 33.1 Å². The molecule has 2 rings (SSSR count). The maximum atomic E-state index is 11.1. The van der Waals surface area contributed by atoms with Crippen LogP contribution in [0.1, 0.15) is 42.0 Å². The van der Waals surface area contributed by atoms with Gasteiger partial charge in [-0.2, -0.15) is 5.10 Å². The second-order valence-corrected chi connectivity index (χ2v) is 5.04. The van der Waals surface area contributed by atoms with E-state index in [4.69, 9.17) is 5.11 Å². The van der Waals surface area contributed by atoms with E-state index in [1.165, 1.54) is 4.68 Å².